The van der Waals surface area contributed by atoms with E-state index in [9.17, 15) is 9.90 Å². The summed E-state index contributed by atoms with van der Waals surface area (Å²) >= 11 is 0. The molecule has 286 valence electrons. The molecule has 0 spiro atoms. The highest BCUT2D eigenvalue weighted by molar-refractivity contribution is 5.90. The highest BCUT2D eigenvalue weighted by atomic mass is 16.7. The maximum Gasteiger partial charge on any atom is 0.334 e. The Kier molecular flexibility index (Phi) is 22.2. The summed E-state index contributed by atoms with van der Waals surface area (Å²) in [5.74, 6) is 6.05. The maximum absolute atomic E-state index is 11.7. The van der Waals surface area contributed by atoms with E-state index in [-0.39, 0.29) is 62.3 Å². The number of allylic oxidation sites excluding steroid dienone is 2. The van der Waals surface area contributed by atoms with Crippen LogP contribution in [-0.2, 0) is 38.0 Å². The van der Waals surface area contributed by atoms with Gasteiger partial charge >= 0.3 is 5.97 Å². The monoisotopic (exact) mass is 704 g/mol. The largest absolute Gasteiger partial charge is 0.455 e. The summed E-state index contributed by atoms with van der Waals surface area (Å²) in [7, 11) is 3.29. The van der Waals surface area contributed by atoms with Crippen LogP contribution in [0.5, 0.6) is 0 Å². The van der Waals surface area contributed by atoms with Crippen molar-refractivity contribution in [1.29, 1.82) is 0 Å². The lowest BCUT2D eigenvalue weighted by atomic mass is 9.98. The quantitative estimate of drug-likeness (QED) is 0.0393. The Balaban J connectivity index is 1.35. The molecule has 3 rings (SSSR count). The van der Waals surface area contributed by atoms with Gasteiger partial charge in [-0.05, 0) is 76.9 Å². The van der Waals surface area contributed by atoms with E-state index in [1.54, 1.807) is 14.2 Å². The Hall–Kier alpha value is -1.77. The zero-order valence-corrected chi connectivity index (χ0v) is 31.6. The fourth-order valence-electron chi connectivity index (χ4n) is 7.25. The van der Waals surface area contributed by atoms with Gasteiger partial charge in [0.25, 0.3) is 0 Å². The van der Waals surface area contributed by atoms with Gasteiger partial charge in [0.15, 0.2) is 0 Å². The molecule has 0 radical (unpaired) electrons. The number of aliphatic hydroxyl groups excluding tert-OH is 1. The van der Waals surface area contributed by atoms with Gasteiger partial charge < -0.3 is 38.3 Å². The van der Waals surface area contributed by atoms with Crippen molar-refractivity contribution in [2.75, 3.05) is 27.8 Å². The second kappa shape index (κ2) is 26.1. The molecule has 0 saturated carbocycles. The van der Waals surface area contributed by atoms with Crippen LogP contribution in [0, 0.1) is 11.8 Å². The van der Waals surface area contributed by atoms with E-state index in [1.807, 2.05) is 25.2 Å². The second-order valence-electron chi connectivity index (χ2n) is 14.3. The molecule has 0 aromatic carbocycles. The van der Waals surface area contributed by atoms with Gasteiger partial charge in [-0.15, -0.1) is 0 Å². The van der Waals surface area contributed by atoms with Gasteiger partial charge in [-0.1, -0.05) is 89.0 Å². The van der Waals surface area contributed by atoms with E-state index in [4.69, 9.17) is 33.2 Å². The first-order valence-corrected chi connectivity index (χ1v) is 19.7. The number of rotatable bonds is 27. The lowest BCUT2D eigenvalue weighted by Crippen LogP contribution is -2.36. The molecule has 0 amide bonds. The first-order chi connectivity index (χ1) is 24.4. The molecule has 1 N–H and O–H groups in total. The number of carbonyl (C=O) groups excluding carboxylic acids is 1. The Bertz CT molecular complexity index is 1030. The van der Waals surface area contributed by atoms with Crippen LogP contribution in [0.15, 0.2) is 23.8 Å². The van der Waals surface area contributed by atoms with Crippen molar-refractivity contribution < 1.29 is 43.1 Å². The predicted octanol–water partition coefficient (Wildman–Crippen LogP) is 8.11. The third kappa shape index (κ3) is 16.7. The molecule has 3 aliphatic heterocycles. The lowest BCUT2D eigenvalue weighted by Gasteiger charge is -2.28. The van der Waals surface area contributed by atoms with Crippen molar-refractivity contribution >= 4 is 5.97 Å². The number of ether oxygens (including phenoxy) is 7. The summed E-state index contributed by atoms with van der Waals surface area (Å²) in [6, 6.07) is 0. The Morgan fingerprint density at radius 1 is 0.840 bits per heavy atom. The second-order valence-corrected chi connectivity index (χ2v) is 14.3. The number of hydrogen-bond acceptors (Lipinski definition) is 9. The van der Waals surface area contributed by atoms with Crippen LogP contribution >= 0.6 is 0 Å². The minimum atomic E-state index is -0.577. The van der Waals surface area contributed by atoms with Gasteiger partial charge in [0.2, 0.25) is 0 Å². The highest BCUT2D eigenvalue weighted by Gasteiger charge is 2.38. The number of hydrogen-bond donors (Lipinski definition) is 1. The van der Waals surface area contributed by atoms with Crippen LogP contribution in [-0.4, -0.2) is 87.7 Å². The summed E-state index contributed by atoms with van der Waals surface area (Å²) in [5, 5.41) is 11.1. The van der Waals surface area contributed by atoms with Crippen molar-refractivity contribution in [2.24, 2.45) is 0 Å². The zero-order chi connectivity index (χ0) is 35.8. The average Bonchev–Trinajstić information content (AvgIpc) is 3.87. The van der Waals surface area contributed by atoms with E-state index < -0.39 is 6.10 Å². The SMILES string of the molecule is CCCCCCCCCCCC[C@H](OCOC)[C@H]1CC[C@H]([C@@H](CC[C@H](O)[C@@H]2CC[C@@H](CC#C/C=C/CCC3=C[C@H](C)OC3=O)O2)OCOC)O1. The molecule has 50 heavy (non-hydrogen) atoms. The topological polar surface area (TPSA) is 102 Å². The molecule has 0 bridgehead atoms. The summed E-state index contributed by atoms with van der Waals surface area (Å²) in [6.07, 6.45) is 25.4. The van der Waals surface area contributed by atoms with Crippen molar-refractivity contribution in [1.82, 2.24) is 0 Å². The molecule has 0 aliphatic carbocycles. The zero-order valence-electron chi connectivity index (χ0n) is 31.6. The molecule has 2 fully saturated rings. The summed E-state index contributed by atoms with van der Waals surface area (Å²) in [4.78, 5) is 11.7. The first-order valence-electron chi connectivity index (χ1n) is 19.7. The van der Waals surface area contributed by atoms with Crippen LogP contribution in [0.2, 0.25) is 0 Å². The van der Waals surface area contributed by atoms with Crippen molar-refractivity contribution in [3.63, 3.8) is 0 Å². The summed E-state index contributed by atoms with van der Waals surface area (Å²) in [5.41, 5.74) is 0.742. The molecule has 3 heterocycles. The Morgan fingerprint density at radius 3 is 2.08 bits per heavy atom. The Morgan fingerprint density at radius 2 is 1.46 bits per heavy atom. The minimum Gasteiger partial charge on any atom is -0.455 e. The molecule has 9 heteroatoms. The number of cyclic esters (lactones) is 1. The van der Waals surface area contributed by atoms with E-state index in [0.29, 0.717) is 25.7 Å². The standard InChI is InChI=1S/C41H68O9/c1-5-6-7-8-9-10-11-12-16-19-22-37(46-30-44-3)39-27-28-40(50-39)38(47-31-45-4)26-24-35(42)36-25-23-34(49-36)21-18-15-13-14-17-20-33-29-32(2)48-41(33)43/h13-14,29,32,34-40,42H,5-12,16-17,19-28,30-31H2,1-4H3/b14-13+/t32-,34+,35-,36-,37-,38+,39+,40+/m0/s1. The van der Waals surface area contributed by atoms with E-state index in [1.165, 1.54) is 57.8 Å². The molecular formula is C41H68O9. The predicted molar refractivity (Wildman–Crippen MR) is 195 cm³/mol. The van der Waals surface area contributed by atoms with Crippen molar-refractivity contribution in [2.45, 2.75) is 191 Å². The van der Waals surface area contributed by atoms with Gasteiger partial charge in [0, 0.05) is 26.2 Å². The number of unbranched alkanes of at least 4 members (excludes halogenated alkanes) is 9. The fraction of sp³-hybridized carbons (Fsp3) is 0.829. The fourth-order valence-corrected chi connectivity index (χ4v) is 7.25. The van der Waals surface area contributed by atoms with Crippen LogP contribution in [0.1, 0.15) is 142 Å². The normalized spacial score (nSPS) is 25.4. The Labute approximate surface area is 303 Å². The lowest BCUT2D eigenvalue weighted by molar-refractivity contribution is -0.160. The molecule has 0 aromatic heterocycles. The average molecular weight is 705 g/mol. The summed E-state index contributed by atoms with van der Waals surface area (Å²) in [6.45, 7) is 4.59. The van der Waals surface area contributed by atoms with Crippen LogP contribution in [0.4, 0.5) is 0 Å². The molecule has 0 aromatic rings. The molecule has 0 unspecified atom stereocenters. The molecule has 3 aliphatic rings. The number of carbonyl (C=O) groups is 1. The van der Waals surface area contributed by atoms with Crippen molar-refractivity contribution in [3.8, 4) is 11.8 Å². The number of methoxy groups -OCH3 is 2. The van der Waals surface area contributed by atoms with Gasteiger partial charge in [0.1, 0.15) is 19.7 Å². The smallest absolute Gasteiger partial charge is 0.334 e. The van der Waals surface area contributed by atoms with Crippen molar-refractivity contribution in [3.05, 3.63) is 23.8 Å². The van der Waals surface area contributed by atoms with Gasteiger partial charge in [0.05, 0.1) is 42.7 Å². The highest BCUT2D eigenvalue weighted by Crippen LogP contribution is 2.32. The molecule has 8 atom stereocenters. The molecular weight excluding hydrogens is 636 g/mol. The van der Waals surface area contributed by atoms with E-state index >= 15 is 0 Å². The maximum atomic E-state index is 11.7. The van der Waals surface area contributed by atoms with E-state index in [0.717, 1.165) is 50.5 Å². The van der Waals surface area contributed by atoms with E-state index in [2.05, 4.69) is 18.8 Å². The number of esters is 1. The molecule has 9 nitrogen and oxygen atoms in total. The van der Waals surface area contributed by atoms with Gasteiger partial charge in [-0.2, -0.15) is 0 Å². The van der Waals surface area contributed by atoms with Crippen LogP contribution < -0.4 is 0 Å². The van der Waals surface area contributed by atoms with Crippen LogP contribution in [0.3, 0.4) is 0 Å². The first kappa shape index (κ1) is 42.6. The third-order valence-electron chi connectivity index (χ3n) is 10.1. The summed E-state index contributed by atoms with van der Waals surface area (Å²) < 4.78 is 40.7. The van der Waals surface area contributed by atoms with Gasteiger partial charge in [-0.3, -0.25) is 0 Å². The number of aliphatic hydroxyl groups is 1. The molecule has 2 saturated heterocycles. The van der Waals surface area contributed by atoms with Crippen LogP contribution in [0.25, 0.3) is 0 Å². The minimum absolute atomic E-state index is 0.00402. The third-order valence-corrected chi connectivity index (χ3v) is 10.1. The van der Waals surface area contributed by atoms with Gasteiger partial charge in [-0.25, -0.2) is 4.79 Å².